The van der Waals surface area contributed by atoms with Gasteiger partial charge in [0.15, 0.2) is 0 Å². The van der Waals surface area contributed by atoms with Crippen molar-refractivity contribution >= 4 is 23.3 Å². The molecule has 1 saturated heterocycles. The number of benzene rings is 3. The lowest BCUT2D eigenvalue weighted by molar-refractivity contribution is 0.0946. The highest BCUT2D eigenvalue weighted by molar-refractivity contribution is 6.03. The third kappa shape index (κ3) is 5.45. The number of amides is 2. The Balaban J connectivity index is 1.35. The number of piperazine rings is 1. The topological polar surface area (TPSA) is 141 Å². The maximum atomic E-state index is 13.6. The zero-order valence-corrected chi connectivity index (χ0v) is 22.0. The number of nitrogens with zero attached hydrogens (tertiary/aromatic N) is 3. The molecule has 11 heteroatoms. The number of hydrogen-bond donors (Lipinski definition) is 4. The predicted octanol–water partition coefficient (Wildman–Crippen LogP) is 2.71. The van der Waals surface area contributed by atoms with Gasteiger partial charge in [-0.1, -0.05) is 24.3 Å². The third-order valence-electron chi connectivity index (χ3n) is 6.83. The molecule has 206 valence electrons. The molecule has 0 spiro atoms. The molecular formula is C29H30FN7O3. The molecule has 4 aromatic rings. The zero-order chi connectivity index (χ0) is 28.2. The van der Waals surface area contributed by atoms with E-state index in [4.69, 9.17) is 16.2 Å². The van der Waals surface area contributed by atoms with Crippen molar-refractivity contribution in [1.82, 2.24) is 20.4 Å². The smallest absolute Gasteiger partial charge is 0.255 e. The fourth-order valence-corrected chi connectivity index (χ4v) is 4.72. The van der Waals surface area contributed by atoms with Gasteiger partial charge in [0.25, 0.3) is 11.8 Å². The minimum Gasteiger partial charge on any atom is -0.496 e. The minimum atomic E-state index is -0.684. The number of primary amides is 1. The van der Waals surface area contributed by atoms with Gasteiger partial charge in [0.2, 0.25) is 0 Å². The van der Waals surface area contributed by atoms with Crippen molar-refractivity contribution in [2.24, 2.45) is 5.73 Å². The van der Waals surface area contributed by atoms with Crippen LogP contribution in [0.1, 0.15) is 26.3 Å². The Bertz CT molecular complexity index is 1530. The molecule has 2 heterocycles. The SMILES string of the molecule is COc1ccc(F)cc1C(=O)NCc1ccc(-c2nn(-c3ccc(N4CCNCC4)cc3)c(N)c2C(N)=O)cc1. The minimum absolute atomic E-state index is 0.104. The average Bonchev–Trinajstić information content (AvgIpc) is 3.33. The molecule has 0 unspecified atom stereocenters. The van der Waals surface area contributed by atoms with E-state index in [1.54, 1.807) is 24.3 Å². The molecule has 0 atom stereocenters. The van der Waals surface area contributed by atoms with Gasteiger partial charge in [-0.3, -0.25) is 9.59 Å². The van der Waals surface area contributed by atoms with E-state index in [1.807, 2.05) is 24.3 Å². The summed E-state index contributed by atoms with van der Waals surface area (Å²) in [6.07, 6.45) is 0. The molecule has 40 heavy (non-hydrogen) atoms. The largest absolute Gasteiger partial charge is 0.496 e. The van der Waals surface area contributed by atoms with Crippen LogP contribution in [0.15, 0.2) is 66.7 Å². The van der Waals surface area contributed by atoms with Crippen molar-refractivity contribution in [3.05, 3.63) is 89.2 Å². The lowest BCUT2D eigenvalue weighted by Crippen LogP contribution is -2.43. The van der Waals surface area contributed by atoms with Crippen LogP contribution < -0.4 is 31.7 Å². The third-order valence-corrected chi connectivity index (χ3v) is 6.83. The molecule has 2 amide bonds. The summed E-state index contributed by atoms with van der Waals surface area (Å²) in [6, 6.07) is 18.7. The molecule has 1 aliphatic rings. The van der Waals surface area contributed by atoms with E-state index in [0.29, 0.717) is 16.9 Å². The van der Waals surface area contributed by atoms with Gasteiger partial charge in [-0.2, -0.15) is 5.10 Å². The first-order chi connectivity index (χ1) is 19.4. The van der Waals surface area contributed by atoms with E-state index in [9.17, 15) is 14.0 Å². The summed E-state index contributed by atoms with van der Waals surface area (Å²) in [4.78, 5) is 27.3. The first-order valence-corrected chi connectivity index (χ1v) is 12.8. The highest BCUT2D eigenvalue weighted by Crippen LogP contribution is 2.30. The number of nitrogens with one attached hydrogen (secondary N) is 2. The molecule has 10 nitrogen and oxygen atoms in total. The van der Waals surface area contributed by atoms with Gasteiger partial charge in [0, 0.05) is 44.0 Å². The monoisotopic (exact) mass is 543 g/mol. The Labute approximate surface area is 230 Å². The number of nitrogen functional groups attached to an aromatic ring is 1. The Kier molecular flexibility index (Phi) is 7.65. The van der Waals surface area contributed by atoms with E-state index in [0.717, 1.165) is 43.5 Å². The molecule has 0 saturated carbocycles. The number of anilines is 2. The fourth-order valence-electron chi connectivity index (χ4n) is 4.72. The number of carbonyl (C=O) groups excluding carboxylic acids is 2. The van der Waals surface area contributed by atoms with E-state index in [2.05, 4.69) is 20.6 Å². The van der Waals surface area contributed by atoms with Crippen molar-refractivity contribution in [2.45, 2.75) is 6.54 Å². The zero-order valence-electron chi connectivity index (χ0n) is 22.0. The van der Waals surface area contributed by atoms with Crippen LogP contribution in [0.25, 0.3) is 16.9 Å². The van der Waals surface area contributed by atoms with Crippen molar-refractivity contribution in [3.8, 4) is 22.7 Å². The number of nitrogens with two attached hydrogens (primary N) is 2. The number of hydrogen-bond acceptors (Lipinski definition) is 7. The van der Waals surface area contributed by atoms with Crippen molar-refractivity contribution < 1.29 is 18.7 Å². The fraction of sp³-hybridized carbons (Fsp3) is 0.207. The van der Waals surface area contributed by atoms with Crippen molar-refractivity contribution in [2.75, 3.05) is 43.9 Å². The highest BCUT2D eigenvalue weighted by atomic mass is 19.1. The van der Waals surface area contributed by atoms with Gasteiger partial charge in [0.05, 0.1) is 18.4 Å². The number of ether oxygens (including phenoxy) is 1. The molecule has 1 fully saturated rings. The van der Waals surface area contributed by atoms with Crippen LogP contribution in [0, 0.1) is 5.82 Å². The molecule has 3 aromatic carbocycles. The summed E-state index contributed by atoms with van der Waals surface area (Å²) in [6.45, 7) is 3.92. The number of methoxy groups -OCH3 is 1. The van der Waals surface area contributed by atoms with Crippen molar-refractivity contribution in [3.63, 3.8) is 0 Å². The van der Waals surface area contributed by atoms with E-state index >= 15 is 0 Å². The standard InChI is InChI=1S/C29H30FN7O3/c1-40-24-11-6-20(30)16-23(24)29(39)34-17-18-2-4-19(5-3-18)26-25(28(32)38)27(31)37(35-26)22-9-7-21(8-10-22)36-14-12-33-13-15-36/h2-11,16,33H,12-15,17,31H2,1H3,(H2,32,38)(H,34,39). The van der Waals surface area contributed by atoms with Gasteiger partial charge < -0.3 is 31.7 Å². The van der Waals surface area contributed by atoms with E-state index < -0.39 is 17.6 Å². The molecule has 0 aliphatic carbocycles. The molecule has 1 aliphatic heterocycles. The second kappa shape index (κ2) is 11.5. The van der Waals surface area contributed by atoms with E-state index in [-0.39, 0.29) is 29.2 Å². The average molecular weight is 544 g/mol. The number of carbonyl (C=O) groups is 2. The van der Waals surface area contributed by atoms with Crippen molar-refractivity contribution in [1.29, 1.82) is 0 Å². The molecule has 6 N–H and O–H groups in total. The van der Waals surface area contributed by atoms with Gasteiger partial charge >= 0.3 is 0 Å². The maximum Gasteiger partial charge on any atom is 0.255 e. The quantitative estimate of drug-likeness (QED) is 0.268. The number of rotatable bonds is 8. The maximum absolute atomic E-state index is 13.6. The summed E-state index contributed by atoms with van der Waals surface area (Å²) >= 11 is 0. The molecule has 5 rings (SSSR count). The van der Waals surface area contributed by atoms with Gasteiger partial charge in [-0.05, 0) is 48.0 Å². The van der Waals surface area contributed by atoms with Gasteiger partial charge in [-0.25, -0.2) is 9.07 Å². The normalized spacial score (nSPS) is 13.2. The molecule has 1 aromatic heterocycles. The summed E-state index contributed by atoms with van der Waals surface area (Å²) in [5, 5.41) is 10.7. The lowest BCUT2D eigenvalue weighted by atomic mass is 10.0. The molecule has 0 radical (unpaired) electrons. The number of aromatic nitrogens is 2. The van der Waals surface area contributed by atoms with E-state index in [1.165, 1.54) is 23.9 Å². The second-order valence-electron chi connectivity index (χ2n) is 9.36. The van der Waals surface area contributed by atoms with Crippen LogP contribution in [-0.2, 0) is 6.54 Å². The summed E-state index contributed by atoms with van der Waals surface area (Å²) in [5.41, 5.74) is 15.9. The van der Waals surface area contributed by atoms with Crippen LogP contribution in [0.3, 0.4) is 0 Å². The Hall–Kier alpha value is -4.90. The van der Waals surface area contributed by atoms with Crippen LogP contribution in [0.4, 0.5) is 15.9 Å². The van der Waals surface area contributed by atoms with Crippen LogP contribution in [0.2, 0.25) is 0 Å². The lowest BCUT2D eigenvalue weighted by Gasteiger charge is -2.29. The first-order valence-electron chi connectivity index (χ1n) is 12.8. The Morgan fingerprint density at radius 3 is 2.35 bits per heavy atom. The summed E-state index contributed by atoms with van der Waals surface area (Å²) < 4.78 is 20.3. The van der Waals surface area contributed by atoms with Gasteiger partial charge in [0.1, 0.15) is 28.6 Å². The number of halogens is 1. The second-order valence-corrected chi connectivity index (χ2v) is 9.36. The van der Waals surface area contributed by atoms with Crippen LogP contribution in [0.5, 0.6) is 5.75 Å². The first kappa shape index (κ1) is 26.7. The van der Waals surface area contributed by atoms with Crippen LogP contribution >= 0.6 is 0 Å². The summed E-state index contributed by atoms with van der Waals surface area (Å²) in [5.74, 6) is -1.25. The Morgan fingerprint density at radius 2 is 1.70 bits per heavy atom. The molecule has 0 bridgehead atoms. The Morgan fingerprint density at radius 1 is 1.02 bits per heavy atom. The van der Waals surface area contributed by atoms with Crippen LogP contribution in [-0.4, -0.2) is 54.9 Å². The summed E-state index contributed by atoms with van der Waals surface area (Å²) in [7, 11) is 1.42. The highest BCUT2D eigenvalue weighted by Gasteiger charge is 2.23. The van der Waals surface area contributed by atoms with Gasteiger partial charge in [-0.15, -0.1) is 0 Å². The predicted molar refractivity (Wildman–Crippen MR) is 151 cm³/mol. The molecular weight excluding hydrogens is 513 g/mol.